The molecule has 0 radical (unpaired) electrons. The average molecular weight is 289 g/mol. The van der Waals surface area contributed by atoms with Crippen molar-refractivity contribution in [2.45, 2.75) is 17.4 Å². The van der Waals surface area contributed by atoms with Crippen LogP contribution in [0.25, 0.3) is 0 Å². The van der Waals surface area contributed by atoms with Crippen LogP contribution in [0.15, 0.2) is 23.1 Å². The molecule has 9 heteroatoms. The van der Waals surface area contributed by atoms with E-state index in [1.54, 1.807) is 0 Å². The smallest absolute Gasteiger partial charge is 0.270 e. The fourth-order valence-electron chi connectivity index (χ4n) is 1.91. The minimum absolute atomic E-state index is 0.0878. The third-order valence-corrected chi connectivity index (χ3v) is 4.81. The van der Waals surface area contributed by atoms with E-state index in [9.17, 15) is 22.9 Å². The highest BCUT2D eigenvalue weighted by molar-refractivity contribution is 7.89. The summed E-state index contributed by atoms with van der Waals surface area (Å²) in [6.07, 6.45) is 0.482. The number of sulfonamides is 1. The molecule has 1 heterocycles. The molecule has 0 saturated carbocycles. The third kappa shape index (κ3) is 2.57. The molecule has 0 amide bonds. The Bertz CT molecular complexity index is 619. The van der Waals surface area contributed by atoms with Gasteiger partial charge in [-0.25, -0.2) is 12.8 Å². The van der Waals surface area contributed by atoms with E-state index in [1.165, 1.54) is 0 Å². The highest BCUT2D eigenvalue weighted by Crippen LogP contribution is 2.26. The van der Waals surface area contributed by atoms with Crippen molar-refractivity contribution in [3.8, 4) is 0 Å². The van der Waals surface area contributed by atoms with Gasteiger partial charge in [0.25, 0.3) is 5.69 Å². The zero-order valence-corrected chi connectivity index (χ0v) is 10.6. The molecule has 1 aliphatic rings. The zero-order chi connectivity index (χ0) is 14.2. The SMILES string of the molecule is N[C@@H]1CCN(S(=O)(=O)c2cc([N+](=O)[O-])ccc2F)C1. The predicted octanol–water partition coefficient (Wildman–Crippen LogP) is 0.456. The molecule has 1 atom stereocenters. The van der Waals surface area contributed by atoms with Crippen molar-refractivity contribution >= 4 is 15.7 Å². The van der Waals surface area contributed by atoms with Gasteiger partial charge >= 0.3 is 0 Å². The van der Waals surface area contributed by atoms with E-state index in [4.69, 9.17) is 5.73 Å². The maximum Gasteiger partial charge on any atom is 0.270 e. The highest BCUT2D eigenvalue weighted by Gasteiger charge is 2.33. The lowest BCUT2D eigenvalue weighted by atomic mass is 10.3. The largest absolute Gasteiger partial charge is 0.326 e. The Morgan fingerprint density at radius 3 is 2.68 bits per heavy atom. The molecule has 0 unspecified atom stereocenters. The van der Waals surface area contributed by atoms with E-state index in [-0.39, 0.29) is 19.1 Å². The number of hydrogen-bond donors (Lipinski definition) is 1. The summed E-state index contributed by atoms with van der Waals surface area (Å²) >= 11 is 0. The monoisotopic (exact) mass is 289 g/mol. The lowest BCUT2D eigenvalue weighted by Crippen LogP contribution is -2.32. The number of nitro groups is 1. The molecule has 0 aromatic heterocycles. The van der Waals surface area contributed by atoms with Gasteiger partial charge in [-0.1, -0.05) is 0 Å². The first-order valence-electron chi connectivity index (χ1n) is 5.52. The number of non-ortho nitro benzene ring substituents is 1. The second-order valence-electron chi connectivity index (χ2n) is 4.28. The molecule has 1 aromatic rings. The Balaban J connectivity index is 2.45. The minimum atomic E-state index is -4.08. The number of rotatable bonds is 3. The van der Waals surface area contributed by atoms with Gasteiger partial charge in [-0.2, -0.15) is 4.31 Å². The van der Waals surface area contributed by atoms with Crippen molar-refractivity contribution in [2.75, 3.05) is 13.1 Å². The van der Waals surface area contributed by atoms with Crippen molar-refractivity contribution in [3.05, 3.63) is 34.1 Å². The molecular weight excluding hydrogens is 277 g/mol. The number of hydrogen-bond acceptors (Lipinski definition) is 5. The lowest BCUT2D eigenvalue weighted by Gasteiger charge is -2.16. The standard InChI is InChI=1S/C10H12FN3O4S/c11-9-2-1-8(14(15)16)5-10(9)19(17,18)13-4-3-7(12)6-13/h1-2,5,7H,3-4,6,12H2/t7-/m1/s1. The van der Waals surface area contributed by atoms with Gasteiger partial charge in [0.15, 0.2) is 0 Å². The first-order valence-corrected chi connectivity index (χ1v) is 6.96. The van der Waals surface area contributed by atoms with Crippen LogP contribution in [-0.2, 0) is 10.0 Å². The molecule has 2 rings (SSSR count). The molecule has 1 saturated heterocycles. The van der Waals surface area contributed by atoms with Crippen LogP contribution >= 0.6 is 0 Å². The van der Waals surface area contributed by atoms with Crippen LogP contribution in [0.2, 0.25) is 0 Å². The van der Waals surface area contributed by atoms with Crippen molar-refractivity contribution in [3.63, 3.8) is 0 Å². The molecule has 7 nitrogen and oxygen atoms in total. The van der Waals surface area contributed by atoms with Crippen LogP contribution in [0.3, 0.4) is 0 Å². The van der Waals surface area contributed by atoms with Crippen LogP contribution in [0.5, 0.6) is 0 Å². The quantitative estimate of drug-likeness (QED) is 0.642. The summed E-state index contributed by atoms with van der Waals surface area (Å²) in [7, 11) is -4.08. The van der Waals surface area contributed by atoms with E-state index < -0.39 is 31.3 Å². The van der Waals surface area contributed by atoms with Crippen LogP contribution in [0, 0.1) is 15.9 Å². The van der Waals surface area contributed by atoms with E-state index in [0.717, 1.165) is 22.5 Å². The Labute approximate surface area is 109 Å². The van der Waals surface area contributed by atoms with Crippen molar-refractivity contribution < 1.29 is 17.7 Å². The summed E-state index contributed by atoms with van der Waals surface area (Å²) in [6.45, 7) is 0.274. The first-order chi connectivity index (χ1) is 8.82. The van der Waals surface area contributed by atoms with Gasteiger partial charge in [-0.05, 0) is 12.5 Å². The van der Waals surface area contributed by atoms with Crippen LogP contribution < -0.4 is 5.73 Å². The van der Waals surface area contributed by atoms with Crippen molar-refractivity contribution in [1.29, 1.82) is 0 Å². The van der Waals surface area contributed by atoms with Crippen LogP contribution in [0.4, 0.5) is 10.1 Å². The Morgan fingerprint density at radius 2 is 2.16 bits per heavy atom. The summed E-state index contributed by atoms with van der Waals surface area (Å²) in [5.74, 6) is -1.01. The first kappa shape index (κ1) is 13.8. The zero-order valence-electron chi connectivity index (χ0n) is 9.82. The molecule has 1 aliphatic heterocycles. The van der Waals surface area contributed by atoms with E-state index >= 15 is 0 Å². The summed E-state index contributed by atoms with van der Waals surface area (Å²) in [6, 6.07) is 2.14. The minimum Gasteiger partial charge on any atom is -0.326 e. The molecule has 0 spiro atoms. The van der Waals surface area contributed by atoms with Crippen molar-refractivity contribution in [1.82, 2.24) is 4.31 Å². The topological polar surface area (TPSA) is 107 Å². The Morgan fingerprint density at radius 1 is 1.47 bits per heavy atom. The third-order valence-electron chi connectivity index (χ3n) is 2.93. The molecule has 0 bridgehead atoms. The molecule has 1 aromatic carbocycles. The predicted molar refractivity (Wildman–Crippen MR) is 64.4 cm³/mol. The summed E-state index contributed by atoms with van der Waals surface area (Å²) in [5, 5.41) is 10.6. The van der Waals surface area contributed by atoms with Gasteiger partial charge in [-0.15, -0.1) is 0 Å². The van der Waals surface area contributed by atoms with Gasteiger partial charge in [-0.3, -0.25) is 10.1 Å². The second kappa shape index (κ2) is 4.83. The normalized spacial score (nSPS) is 20.6. The van der Waals surface area contributed by atoms with Gasteiger partial charge in [0, 0.05) is 31.3 Å². The molecule has 19 heavy (non-hydrogen) atoms. The summed E-state index contributed by atoms with van der Waals surface area (Å²) in [4.78, 5) is 9.17. The highest BCUT2D eigenvalue weighted by atomic mass is 32.2. The molecule has 104 valence electrons. The lowest BCUT2D eigenvalue weighted by molar-refractivity contribution is -0.385. The van der Waals surface area contributed by atoms with Crippen LogP contribution in [0.1, 0.15) is 6.42 Å². The maximum absolute atomic E-state index is 13.6. The Kier molecular flexibility index (Phi) is 3.52. The number of nitro benzene ring substituents is 1. The maximum atomic E-state index is 13.6. The average Bonchev–Trinajstić information content (AvgIpc) is 2.76. The molecule has 2 N–H and O–H groups in total. The molecular formula is C10H12FN3O4S. The van der Waals surface area contributed by atoms with Gasteiger partial charge in [0.2, 0.25) is 10.0 Å². The summed E-state index contributed by atoms with van der Waals surface area (Å²) < 4.78 is 39.0. The number of benzene rings is 1. The van der Waals surface area contributed by atoms with E-state index in [1.807, 2.05) is 0 Å². The number of nitrogens with two attached hydrogens (primary N) is 1. The molecule has 0 aliphatic carbocycles. The van der Waals surface area contributed by atoms with E-state index in [0.29, 0.717) is 6.42 Å². The van der Waals surface area contributed by atoms with Gasteiger partial charge < -0.3 is 5.73 Å². The fourth-order valence-corrected chi connectivity index (χ4v) is 3.51. The fraction of sp³-hybridized carbons (Fsp3) is 0.400. The molecule has 1 fully saturated rings. The number of nitrogens with zero attached hydrogens (tertiary/aromatic N) is 2. The number of halogens is 1. The van der Waals surface area contributed by atoms with E-state index in [2.05, 4.69) is 0 Å². The van der Waals surface area contributed by atoms with Gasteiger partial charge in [0.05, 0.1) is 4.92 Å². The summed E-state index contributed by atoms with van der Waals surface area (Å²) in [5.41, 5.74) is 5.14. The second-order valence-corrected chi connectivity index (χ2v) is 6.19. The van der Waals surface area contributed by atoms with Gasteiger partial charge in [0.1, 0.15) is 10.7 Å². The Hall–Kier alpha value is -1.58. The van der Waals surface area contributed by atoms with Crippen molar-refractivity contribution in [2.24, 2.45) is 5.73 Å². The van der Waals surface area contributed by atoms with Crippen LogP contribution in [-0.4, -0.2) is 36.8 Å².